The number of methoxy groups -OCH3 is 1. The molecule has 0 aliphatic rings. The summed E-state index contributed by atoms with van der Waals surface area (Å²) in [5, 5.41) is 0.643. The first-order valence-corrected chi connectivity index (χ1v) is 6.22. The van der Waals surface area contributed by atoms with E-state index in [9.17, 15) is 0 Å². The Labute approximate surface area is 108 Å². The fourth-order valence-corrected chi connectivity index (χ4v) is 2.03. The van der Waals surface area contributed by atoms with Gasteiger partial charge in [-0.2, -0.15) is 0 Å². The second-order valence-corrected chi connectivity index (χ2v) is 4.65. The van der Waals surface area contributed by atoms with Crippen molar-refractivity contribution >= 4 is 17.2 Å². The summed E-state index contributed by atoms with van der Waals surface area (Å²) < 4.78 is 5.15. The molecule has 2 nitrogen and oxygen atoms in total. The van der Waals surface area contributed by atoms with Crippen LogP contribution in [0, 0.1) is 5.92 Å². The molecule has 0 unspecified atom stereocenters. The maximum Gasteiger partial charge on any atom is 0.137 e. The number of hydrogen-bond donors (Lipinski definition) is 1. The third kappa shape index (κ3) is 3.76. The first-order valence-electron chi connectivity index (χ1n) is 5.84. The molecule has 0 amide bonds. The lowest BCUT2D eigenvalue weighted by Gasteiger charge is -2.13. The summed E-state index contributed by atoms with van der Waals surface area (Å²) in [4.78, 5) is 0. The monoisotopic (exact) mass is 253 g/mol. The molecule has 3 heteroatoms. The van der Waals surface area contributed by atoms with Crippen LogP contribution >= 0.6 is 11.6 Å². The largest absolute Gasteiger partial charge is 0.495 e. The third-order valence-corrected chi connectivity index (χ3v) is 2.93. The average molecular weight is 254 g/mol. The minimum Gasteiger partial charge on any atom is -0.495 e. The molecule has 0 aliphatic carbocycles. The Bertz CT molecular complexity index is 399. The van der Waals surface area contributed by atoms with Crippen molar-refractivity contribution in [2.75, 3.05) is 13.7 Å². The summed E-state index contributed by atoms with van der Waals surface area (Å²) >= 11 is 6.14. The van der Waals surface area contributed by atoms with Crippen LogP contribution in [0.15, 0.2) is 24.3 Å². The predicted octanol–water partition coefficient (Wildman–Crippen LogP) is 3.74. The second kappa shape index (κ2) is 6.67. The Balaban J connectivity index is 3.07. The summed E-state index contributed by atoms with van der Waals surface area (Å²) in [7, 11) is 1.62. The Morgan fingerprint density at radius 1 is 1.47 bits per heavy atom. The molecule has 94 valence electrons. The van der Waals surface area contributed by atoms with Crippen molar-refractivity contribution in [3.8, 4) is 5.75 Å². The first kappa shape index (κ1) is 14.1. The van der Waals surface area contributed by atoms with Crippen molar-refractivity contribution in [3.05, 3.63) is 34.9 Å². The van der Waals surface area contributed by atoms with Gasteiger partial charge >= 0.3 is 0 Å². The van der Waals surface area contributed by atoms with Gasteiger partial charge in [-0.25, -0.2) is 0 Å². The van der Waals surface area contributed by atoms with Gasteiger partial charge in [-0.15, -0.1) is 0 Å². The lowest BCUT2D eigenvalue weighted by Crippen LogP contribution is -1.99. The predicted molar refractivity (Wildman–Crippen MR) is 74.5 cm³/mol. The summed E-state index contributed by atoms with van der Waals surface area (Å²) in [5.74, 6) is 1.16. The van der Waals surface area contributed by atoms with Crippen LogP contribution in [0.4, 0.5) is 0 Å². The Morgan fingerprint density at radius 3 is 2.65 bits per heavy atom. The zero-order valence-corrected chi connectivity index (χ0v) is 11.4. The molecule has 0 spiro atoms. The third-order valence-electron chi connectivity index (χ3n) is 2.64. The molecule has 0 aromatic heterocycles. The zero-order chi connectivity index (χ0) is 12.8. The van der Waals surface area contributed by atoms with Gasteiger partial charge < -0.3 is 10.5 Å². The van der Waals surface area contributed by atoms with Gasteiger partial charge in [-0.3, -0.25) is 0 Å². The highest BCUT2D eigenvalue weighted by atomic mass is 35.5. The molecule has 1 aromatic rings. The van der Waals surface area contributed by atoms with Gasteiger partial charge in [-0.05, 0) is 42.2 Å². The summed E-state index contributed by atoms with van der Waals surface area (Å²) in [6.45, 7) is 5.00. The van der Waals surface area contributed by atoms with Crippen molar-refractivity contribution in [1.29, 1.82) is 0 Å². The highest BCUT2D eigenvalue weighted by Gasteiger charge is 2.09. The number of nitrogens with two attached hydrogens (primary N) is 1. The molecule has 0 atom stereocenters. The standard InChI is InChI=1S/C14H20ClNO/c1-10(2)12(5-4-8-16)11-6-7-14(17-3)13(15)9-11/h5-7,9-10H,4,8,16H2,1-3H3/b12-5+. The van der Waals surface area contributed by atoms with Crippen LogP contribution in [0.5, 0.6) is 5.75 Å². The number of hydrogen-bond acceptors (Lipinski definition) is 2. The summed E-state index contributed by atoms with van der Waals surface area (Å²) in [5.41, 5.74) is 7.96. The van der Waals surface area contributed by atoms with E-state index in [1.54, 1.807) is 7.11 Å². The van der Waals surface area contributed by atoms with Gasteiger partial charge in [0.25, 0.3) is 0 Å². The van der Waals surface area contributed by atoms with Crippen LogP contribution < -0.4 is 10.5 Å². The van der Waals surface area contributed by atoms with Crippen LogP contribution in [0.25, 0.3) is 5.57 Å². The zero-order valence-electron chi connectivity index (χ0n) is 10.7. The number of benzene rings is 1. The number of rotatable bonds is 5. The van der Waals surface area contributed by atoms with Crippen molar-refractivity contribution in [1.82, 2.24) is 0 Å². The van der Waals surface area contributed by atoms with Crippen LogP contribution in [0.2, 0.25) is 5.02 Å². The number of allylic oxidation sites excluding steroid dienone is 1. The minimum absolute atomic E-state index is 0.450. The van der Waals surface area contributed by atoms with E-state index >= 15 is 0 Å². The van der Waals surface area contributed by atoms with E-state index in [0.29, 0.717) is 23.2 Å². The normalized spacial score (nSPS) is 12.0. The van der Waals surface area contributed by atoms with Crippen LogP contribution in [0.1, 0.15) is 25.8 Å². The molecule has 0 aliphatic heterocycles. The minimum atomic E-state index is 0.450. The van der Waals surface area contributed by atoms with Gasteiger partial charge in [0.05, 0.1) is 12.1 Å². The average Bonchev–Trinajstić information content (AvgIpc) is 2.29. The van der Waals surface area contributed by atoms with E-state index in [-0.39, 0.29) is 0 Å². The SMILES string of the molecule is COc1ccc(/C(=C/CCN)C(C)C)cc1Cl. The van der Waals surface area contributed by atoms with Gasteiger partial charge in [-0.1, -0.05) is 37.6 Å². The molecular weight excluding hydrogens is 234 g/mol. The van der Waals surface area contributed by atoms with Crippen LogP contribution in [-0.4, -0.2) is 13.7 Å². The molecule has 0 saturated heterocycles. The van der Waals surface area contributed by atoms with Crippen molar-refractivity contribution in [2.45, 2.75) is 20.3 Å². The van der Waals surface area contributed by atoms with Gasteiger partial charge in [0.15, 0.2) is 0 Å². The molecular formula is C14H20ClNO. The molecule has 0 radical (unpaired) electrons. The summed E-state index contributed by atoms with van der Waals surface area (Å²) in [6, 6.07) is 5.88. The van der Waals surface area contributed by atoms with E-state index in [4.69, 9.17) is 22.1 Å². The van der Waals surface area contributed by atoms with E-state index in [0.717, 1.165) is 12.0 Å². The smallest absolute Gasteiger partial charge is 0.137 e. The Morgan fingerprint density at radius 2 is 2.18 bits per heavy atom. The Hall–Kier alpha value is -0.990. The highest BCUT2D eigenvalue weighted by Crippen LogP contribution is 2.31. The van der Waals surface area contributed by atoms with Crippen molar-refractivity contribution < 1.29 is 4.74 Å². The molecule has 0 fully saturated rings. The lowest BCUT2D eigenvalue weighted by atomic mass is 9.94. The lowest BCUT2D eigenvalue weighted by molar-refractivity contribution is 0.415. The second-order valence-electron chi connectivity index (χ2n) is 4.24. The van der Waals surface area contributed by atoms with E-state index in [1.807, 2.05) is 18.2 Å². The van der Waals surface area contributed by atoms with Crippen LogP contribution in [-0.2, 0) is 0 Å². The Kier molecular flexibility index (Phi) is 5.52. The molecule has 1 rings (SSSR count). The van der Waals surface area contributed by atoms with Crippen LogP contribution in [0.3, 0.4) is 0 Å². The van der Waals surface area contributed by atoms with Gasteiger partial charge in [0.2, 0.25) is 0 Å². The maximum atomic E-state index is 6.14. The molecule has 17 heavy (non-hydrogen) atoms. The quantitative estimate of drug-likeness (QED) is 0.868. The number of ether oxygens (including phenoxy) is 1. The van der Waals surface area contributed by atoms with Gasteiger partial charge in [0, 0.05) is 0 Å². The first-order chi connectivity index (χ1) is 8.10. The fraction of sp³-hybridized carbons (Fsp3) is 0.429. The molecule has 0 saturated carbocycles. The van der Waals surface area contributed by atoms with Crippen molar-refractivity contribution in [3.63, 3.8) is 0 Å². The molecule has 0 bridgehead atoms. The molecule has 0 heterocycles. The van der Waals surface area contributed by atoms with Crippen molar-refractivity contribution in [2.24, 2.45) is 11.7 Å². The summed E-state index contributed by atoms with van der Waals surface area (Å²) in [6.07, 6.45) is 3.07. The molecule has 2 N–H and O–H groups in total. The van der Waals surface area contributed by atoms with E-state index < -0.39 is 0 Å². The topological polar surface area (TPSA) is 35.2 Å². The molecule has 1 aromatic carbocycles. The van der Waals surface area contributed by atoms with E-state index in [1.165, 1.54) is 5.57 Å². The highest BCUT2D eigenvalue weighted by molar-refractivity contribution is 6.32. The van der Waals surface area contributed by atoms with Gasteiger partial charge in [0.1, 0.15) is 5.75 Å². The van der Waals surface area contributed by atoms with E-state index in [2.05, 4.69) is 19.9 Å². The maximum absolute atomic E-state index is 6.14. The number of halogens is 1. The fourth-order valence-electron chi connectivity index (χ4n) is 1.77.